The van der Waals surface area contributed by atoms with Crippen LogP contribution in [-0.2, 0) is 16.4 Å². The van der Waals surface area contributed by atoms with Gasteiger partial charge in [-0.1, -0.05) is 25.5 Å². The van der Waals surface area contributed by atoms with Gasteiger partial charge in [0.25, 0.3) is 10.0 Å². The van der Waals surface area contributed by atoms with Crippen molar-refractivity contribution in [3.63, 3.8) is 0 Å². The van der Waals surface area contributed by atoms with E-state index in [2.05, 4.69) is 16.6 Å². The second-order valence-corrected chi connectivity index (χ2v) is 8.83. The summed E-state index contributed by atoms with van der Waals surface area (Å²) in [7, 11) is -3.66. The Kier molecular flexibility index (Phi) is 5.50. The van der Waals surface area contributed by atoms with Crippen molar-refractivity contribution >= 4 is 27.2 Å². The highest BCUT2D eigenvalue weighted by atomic mass is 32.2. The van der Waals surface area contributed by atoms with Crippen molar-refractivity contribution in [2.75, 3.05) is 16.3 Å². The van der Waals surface area contributed by atoms with Crippen molar-refractivity contribution in [3.05, 3.63) is 77.2 Å². The van der Waals surface area contributed by atoms with Gasteiger partial charge in [0.1, 0.15) is 12.5 Å². The maximum Gasteiger partial charge on any atom is 0.261 e. The molecule has 0 radical (unpaired) electrons. The number of nitrogens with zero attached hydrogens (tertiary/aromatic N) is 2. The lowest BCUT2D eigenvalue weighted by Crippen LogP contribution is -2.42. The molecule has 0 fully saturated rings. The van der Waals surface area contributed by atoms with Crippen LogP contribution < -0.4 is 26.1 Å². The van der Waals surface area contributed by atoms with Crippen LogP contribution in [0.5, 0.6) is 0 Å². The van der Waals surface area contributed by atoms with Crippen LogP contribution in [0.25, 0.3) is 5.82 Å². The van der Waals surface area contributed by atoms with Gasteiger partial charge in [0, 0.05) is 11.4 Å². The third-order valence-electron chi connectivity index (χ3n) is 5.05. The van der Waals surface area contributed by atoms with E-state index >= 15 is 0 Å². The summed E-state index contributed by atoms with van der Waals surface area (Å²) in [5.41, 5.74) is 9.19. The normalized spacial score (nSPS) is 13.6. The number of fused-ring (bicyclic) bond motifs is 1. The predicted octanol–water partition coefficient (Wildman–Crippen LogP) is 2.54. The number of hydrogen-bond acceptors (Lipinski definition) is 6. The van der Waals surface area contributed by atoms with Crippen molar-refractivity contribution in [2.24, 2.45) is 10.7 Å². The van der Waals surface area contributed by atoms with Crippen LogP contribution in [-0.4, -0.2) is 15.1 Å². The standard InChI is InChI=1S/C22H24N4O3S/c1-2-3-4-16-5-11-19(12-6-16)30(27,28)25-17-7-9-18(10-8-17)26-15-24-22-20(21(26)23)13-14-29-22/h5-14,25H,2-4,15,23H2,1H3. The molecule has 7 nitrogen and oxygen atoms in total. The topological polar surface area (TPSA) is 101 Å². The van der Waals surface area contributed by atoms with Crippen molar-refractivity contribution < 1.29 is 12.8 Å². The van der Waals surface area contributed by atoms with E-state index in [0.29, 0.717) is 23.7 Å². The molecular weight excluding hydrogens is 400 g/mol. The Labute approximate surface area is 175 Å². The molecule has 0 saturated carbocycles. The monoisotopic (exact) mass is 424 g/mol. The smallest absolute Gasteiger partial charge is 0.261 e. The molecule has 0 unspecified atom stereocenters. The van der Waals surface area contributed by atoms with Gasteiger partial charge in [0.05, 0.1) is 16.4 Å². The lowest BCUT2D eigenvalue weighted by Gasteiger charge is -2.24. The molecule has 3 N–H and O–H groups in total. The quantitative estimate of drug-likeness (QED) is 0.607. The summed E-state index contributed by atoms with van der Waals surface area (Å²) in [5, 5.41) is 0.744. The minimum Gasteiger partial charge on any atom is -0.446 e. The fourth-order valence-electron chi connectivity index (χ4n) is 3.34. The van der Waals surface area contributed by atoms with Gasteiger partial charge in [-0.05, 0) is 60.9 Å². The summed E-state index contributed by atoms with van der Waals surface area (Å²) in [5.74, 6) is 0.547. The van der Waals surface area contributed by atoms with Gasteiger partial charge in [-0.3, -0.25) is 4.72 Å². The van der Waals surface area contributed by atoms with Crippen LogP contribution >= 0.6 is 0 Å². The van der Waals surface area contributed by atoms with Crippen LogP contribution in [0.2, 0.25) is 0 Å². The molecule has 156 valence electrons. The Morgan fingerprint density at radius 3 is 2.53 bits per heavy atom. The van der Waals surface area contributed by atoms with Gasteiger partial charge in [-0.15, -0.1) is 0 Å². The van der Waals surface area contributed by atoms with Gasteiger partial charge in [0.2, 0.25) is 5.55 Å². The van der Waals surface area contributed by atoms with Crippen LogP contribution in [0, 0.1) is 0 Å². The van der Waals surface area contributed by atoms with Gasteiger partial charge in [0.15, 0.2) is 0 Å². The molecule has 0 bridgehead atoms. The molecule has 30 heavy (non-hydrogen) atoms. The van der Waals surface area contributed by atoms with E-state index in [1.807, 2.05) is 17.0 Å². The zero-order valence-electron chi connectivity index (χ0n) is 16.7. The Morgan fingerprint density at radius 1 is 1.10 bits per heavy atom. The Hall–Kier alpha value is -3.26. The zero-order chi connectivity index (χ0) is 21.1. The van der Waals surface area contributed by atoms with E-state index in [1.165, 1.54) is 0 Å². The number of sulfonamides is 1. The molecule has 1 aromatic heterocycles. The molecule has 0 amide bonds. The first kappa shape index (κ1) is 20.0. The first-order chi connectivity index (χ1) is 14.5. The second kappa shape index (κ2) is 8.23. The maximum absolute atomic E-state index is 12.7. The Balaban J connectivity index is 1.49. The minimum atomic E-state index is -3.66. The molecule has 0 spiro atoms. The van der Waals surface area contributed by atoms with Crippen molar-refractivity contribution in [3.8, 4) is 0 Å². The summed E-state index contributed by atoms with van der Waals surface area (Å²) in [6, 6.07) is 15.8. The molecular formula is C22H24N4O3S. The lowest BCUT2D eigenvalue weighted by atomic mass is 10.1. The number of unbranched alkanes of at least 4 members (excludes halogenated alkanes) is 1. The molecule has 0 atom stereocenters. The number of furan rings is 1. The third-order valence-corrected chi connectivity index (χ3v) is 6.45. The number of anilines is 2. The molecule has 1 aliphatic rings. The largest absolute Gasteiger partial charge is 0.446 e. The molecule has 0 saturated heterocycles. The van der Waals surface area contributed by atoms with E-state index in [9.17, 15) is 8.42 Å². The van der Waals surface area contributed by atoms with Crippen LogP contribution in [0.15, 0.2) is 75.2 Å². The SMILES string of the molecule is CCCCc1ccc(S(=O)(=O)Nc2ccc(N3CN=c4occc4=C3N)cc2)cc1. The van der Waals surface area contributed by atoms with Gasteiger partial charge < -0.3 is 15.1 Å². The first-order valence-corrected chi connectivity index (χ1v) is 11.3. The predicted molar refractivity (Wildman–Crippen MR) is 117 cm³/mol. The van der Waals surface area contributed by atoms with Crippen molar-refractivity contribution in [1.82, 2.24) is 0 Å². The Morgan fingerprint density at radius 2 is 1.83 bits per heavy atom. The van der Waals surface area contributed by atoms with Crippen LogP contribution in [0.1, 0.15) is 25.3 Å². The van der Waals surface area contributed by atoms with E-state index in [1.54, 1.807) is 48.7 Å². The molecule has 2 heterocycles. The van der Waals surface area contributed by atoms with Crippen LogP contribution in [0.4, 0.5) is 11.4 Å². The van der Waals surface area contributed by atoms with Crippen molar-refractivity contribution in [2.45, 2.75) is 31.1 Å². The highest BCUT2D eigenvalue weighted by molar-refractivity contribution is 7.92. The van der Waals surface area contributed by atoms with Gasteiger partial charge in [-0.25, -0.2) is 13.4 Å². The number of nitrogens with one attached hydrogen (secondary N) is 1. The average Bonchev–Trinajstić information content (AvgIpc) is 3.23. The molecule has 1 aliphatic heterocycles. The molecule has 2 aromatic carbocycles. The first-order valence-electron chi connectivity index (χ1n) is 9.85. The van der Waals surface area contributed by atoms with E-state index < -0.39 is 10.0 Å². The summed E-state index contributed by atoms with van der Waals surface area (Å²) < 4.78 is 33.3. The minimum absolute atomic E-state index is 0.242. The number of benzene rings is 2. The summed E-state index contributed by atoms with van der Waals surface area (Å²) >= 11 is 0. The molecule has 8 heteroatoms. The number of aryl methyl sites for hydroxylation is 1. The maximum atomic E-state index is 12.7. The summed E-state index contributed by atoms with van der Waals surface area (Å²) in [4.78, 5) is 6.44. The van der Waals surface area contributed by atoms with Gasteiger partial charge in [-0.2, -0.15) is 0 Å². The fourth-order valence-corrected chi connectivity index (χ4v) is 4.39. The second-order valence-electron chi connectivity index (χ2n) is 7.15. The van der Waals surface area contributed by atoms with Crippen molar-refractivity contribution in [1.29, 1.82) is 0 Å². The highest BCUT2D eigenvalue weighted by Crippen LogP contribution is 2.23. The number of hydrogen-bond donors (Lipinski definition) is 2. The average molecular weight is 425 g/mol. The highest BCUT2D eigenvalue weighted by Gasteiger charge is 2.17. The number of rotatable bonds is 7. The molecule has 4 rings (SSSR count). The third kappa shape index (κ3) is 4.04. The van der Waals surface area contributed by atoms with E-state index in [-0.39, 0.29) is 4.90 Å². The molecule has 3 aromatic rings. The van der Waals surface area contributed by atoms with Crippen LogP contribution in [0.3, 0.4) is 0 Å². The van der Waals surface area contributed by atoms with E-state index in [0.717, 1.165) is 35.7 Å². The zero-order valence-corrected chi connectivity index (χ0v) is 17.5. The fraction of sp³-hybridized carbons (Fsp3) is 0.227. The molecule has 0 aliphatic carbocycles. The summed E-state index contributed by atoms with van der Waals surface area (Å²) in [6.07, 6.45) is 4.70. The van der Waals surface area contributed by atoms with E-state index in [4.69, 9.17) is 10.2 Å². The lowest BCUT2D eigenvalue weighted by molar-refractivity contribution is 0.500. The van der Waals surface area contributed by atoms with Gasteiger partial charge >= 0.3 is 0 Å². The summed E-state index contributed by atoms with van der Waals surface area (Å²) in [6.45, 7) is 2.47. The number of nitrogens with two attached hydrogens (primary N) is 1. The Bertz CT molecular complexity index is 1250.